The lowest BCUT2D eigenvalue weighted by Crippen LogP contribution is -2.42. The Kier molecular flexibility index (Phi) is 8.64. The van der Waals surface area contributed by atoms with Crippen molar-refractivity contribution >= 4 is 5.91 Å². The van der Waals surface area contributed by atoms with Crippen molar-refractivity contribution in [2.75, 3.05) is 13.7 Å². The van der Waals surface area contributed by atoms with Crippen LogP contribution in [0.5, 0.6) is 0 Å². The van der Waals surface area contributed by atoms with E-state index < -0.39 is 12.2 Å². The molecular formula is C23H31NO4. The van der Waals surface area contributed by atoms with Gasteiger partial charge in [-0.15, -0.1) is 0 Å². The summed E-state index contributed by atoms with van der Waals surface area (Å²) in [6, 6.07) is 18.7. The number of aliphatic hydroxyl groups is 2. The van der Waals surface area contributed by atoms with Crippen molar-refractivity contribution < 1.29 is 19.7 Å². The van der Waals surface area contributed by atoms with Gasteiger partial charge >= 0.3 is 0 Å². The lowest BCUT2D eigenvalue weighted by molar-refractivity contribution is -0.139. The molecule has 0 saturated heterocycles. The molecule has 2 rings (SSSR count). The summed E-state index contributed by atoms with van der Waals surface area (Å²) in [7, 11) is 1.69. The van der Waals surface area contributed by atoms with Gasteiger partial charge in [-0.1, -0.05) is 67.6 Å². The van der Waals surface area contributed by atoms with E-state index in [1.54, 1.807) is 18.9 Å². The lowest BCUT2D eigenvalue weighted by atomic mass is 9.98. The number of likely N-dealkylation sites (N-methyl/N-ethyl adjacent to an activating group) is 1. The molecule has 0 aliphatic rings. The first-order valence-corrected chi connectivity index (χ1v) is 9.69. The predicted octanol–water partition coefficient (Wildman–Crippen LogP) is 3.17. The molecule has 0 heterocycles. The zero-order valence-corrected chi connectivity index (χ0v) is 16.9. The van der Waals surface area contributed by atoms with Crippen molar-refractivity contribution in [3.8, 4) is 0 Å². The summed E-state index contributed by atoms with van der Waals surface area (Å²) in [5.74, 6) is -0.477. The van der Waals surface area contributed by atoms with Crippen LogP contribution in [0, 0.1) is 5.92 Å². The van der Waals surface area contributed by atoms with Gasteiger partial charge in [0.25, 0.3) is 0 Å². The van der Waals surface area contributed by atoms with Gasteiger partial charge in [-0.3, -0.25) is 4.79 Å². The second kappa shape index (κ2) is 11.0. The SMILES string of the molecule is C[C@H](C[C@@H](O)COCc1ccccc1)C(=O)N(C)[C@@H](C)[C@@H](O)c1ccccc1. The van der Waals surface area contributed by atoms with Crippen LogP contribution in [0.4, 0.5) is 0 Å². The summed E-state index contributed by atoms with van der Waals surface area (Å²) in [5, 5.41) is 20.7. The van der Waals surface area contributed by atoms with E-state index in [2.05, 4.69) is 0 Å². The summed E-state index contributed by atoms with van der Waals surface area (Å²) in [4.78, 5) is 14.3. The molecule has 2 aromatic rings. The van der Waals surface area contributed by atoms with E-state index in [0.717, 1.165) is 11.1 Å². The molecule has 0 aliphatic carbocycles. The predicted molar refractivity (Wildman–Crippen MR) is 110 cm³/mol. The average molecular weight is 386 g/mol. The van der Waals surface area contributed by atoms with E-state index in [4.69, 9.17) is 4.74 Å². The van der Waals surface area contributed by atoms with Crippen LogP contribution in [-0.4, -0.2) is 46.8 Å². The molecule has 5 nitrogen and oxygen atoms in total. The van der Waals surface area contributed by atoms with Crippen LogP contribution in [0.3, 0.4) is 0 Å². The molecule has 0 fully saturated rings. The average Bonchev–Trinajstić information content (AvgIpc) is 2.72. The highest BCUT2D eigenvalue weighted by Crippen LogP contribution is 2.22. The molecule has 0 unspecified atom stereocenters. The smallest absolute Gasteiger partial charge is 0.225 e. The number of ether oxygens (including phenoxy) is 1. The van der Waals surface area contributed by atoms with E-state index in [9.17, 15) is 15.0 Å². The molecule has 0 spiro atoms. The summed E-state index contributed by atoms with van der Waals surface area (Å²) < 4.78 is 5.55. The molecule has 4 atom stereocenters. The highest BCUT2D eigenvalue weighted by atomic mass is 16.5. The van der Waals surface area contributed by atoms with Crippen molar-refractivity contribution in [3.05, 3.63) is 71.8 Å². The number of benzene rings is 2. The third-order valence-electron chi connectivity index (χ3n) is 5.03. The minimum absolute atomic E-state index is 0.107. The quantitative estimate of drug-likeness (QED) is 0.659. The maximum atomic E-state index is 12.7. The summed E-state index contributed by atoms with van der Waals surface area (Å²) >= 11 is 0. The van der Waals surface area contributed by atoms with Crippen LogP contribution in [0.15, 0.2) is 60.7 Å². The Hall–Kier alpha value is -2.21. The standard InChI is InChI=1S/C23H31NO4/c1-17(14-21(25)16-28-15-19-10-6-4-7-11-19)23(27)24(3)18(2)22(26)20-12-8-5-9-13-20/h4-13,17-18,21-22,25-26H,14-16H2,1-3H3/t17-,18+,21-,22-/m1/s1. The molecule has 0 aliphatic heterocycles. The molecule has 152 valence electrons. The van der Waals surface area contributed by atoms with Crippen LogP contribution in [0.2, 0.25) is 0 Å². The summed E-state index contributed by atoms with van der Waals surface area (Å²) in [6.07, 6.45) is -1.17. The molecule has 5 heteroatoms. The molecule has 0 aromatic heterocycles. The van der Waals surface area contributed by atoms with Gasteiger partial charge in [-0.2, -0.15) is 0 Å². The number of carbonyl (C=O) groups excluding carboxylic acids is 1. The minimum Gasteiger partial charge on any atom is -0.391 e. The Balaban J connectivity index is 1.80. The zero-order chi connectivity index (χ0) is 20.5. The Morgan fingerprint density at radius 3 is 2.18 bits per heavy atom. The van der Waals surface area contributed by atoms with Gasteiger partial charge in [-0.25, -0.2) is 0 Å². The Morgan fingerprint density at radius 1 is 1.00 bits per heavy atom. The zero-order valence-electron chi connectivity index (χ0n) is 16.9. The number of aliphatic hydroxyl groups excluding tert-OH is 2. The number of rotatable bonds is 10. The number of hydrogen-bond donors (Lipinski definition) is 2. The summed E-state index contributed by atoms with van der Waals surface area (Å²) in [5.41, 5.74) is 1.82. The van der Waals surface area contributed by atoms with Crippen molar-refractivity contribution in [1.82, 2.24) is 4.90 Å². The van der Waals surface area contributed by atoms with E-state index in [0.29, 0.717) is 13.0 Å². The molecule has 1 amide bonds. The Labute approximate surface area is 167 Å². The third kappa shape index (κ3) is 6.44. The highest BCUT2D eigenvalue weighted by Gasteiger charge is 2.28. The van der Waals surface area contributed by atoms with Crippen molar-refractivity contribution in [3.63, 3.8) is 0 Å². The van der Waals surface area contributed by atoms with Gasteiger partial charge in [0.15, 0.2) is 0 Å². The molecule has 2 N–H and O–H groups in total. The second-order valence-electron chi connectivity index (χ2n) is 7.34. The van der Waals surface area contributed by atoms with Crippen molar-refractivity contribution in [1.29, 1.82) is 0 Å². The number of hydrogen-bond acceptors (Lipinski definition) is 4. The van der Waals surface area contributed by atoms with E-state index in [1.807, 2.05) is 67.6 Å². The van der Waals surface area contributed by atoms with E-state index in [1.165, 1.54) is 0 Å². The molecular weight excluding hydrogens is 354 g/mol. The van der Waals surface area contributed by atoms with Gasteiger partial charge in [-0.05, 0) is 24.5 Å². The van der Waals surface area contributed by atoms with Crippen molar-refractivity contribution in [2.24, 2.45) is 5.92 Å². The first-order chi connectivity index (χ1) is 13.4. The number of carbonyl (C=O) groups is 1. The van der Waals surface area contributed by atoms with Crippen LogP contribution in [0.1, 0.15) is 37.5 Å². The van der Waals surface area contributed by atoms with Gasteiger partial charge < -0.3 is 19.8 Å². The summed E-state index contributed by atoms with van der Waals surface area (Å²) in [6.45, 7) is 4.22. The normalized spacial score (nSPS) is 15.5. The lowest BCUT2D eigenvalue weighted by Gasteiger charge is -2.31. The van der Waals surface area contributed by atoms with Gasteiger partial charge in [0.2, 0.25) is 5.91 Å². The van der Waals surface area contributed by atoms with Crippen LogP contribution >= 0.6 is 0 Å². The molecule has 0 saturated carbocycles. The largest absolute Gasteiger partial charge is 0.391 e. The molecule has 2 aromatic carbocycles. The van der Waals surface area contributed by atoms with Gasteiger partial charge in [0.05, 0.1) is 31.5 Å². The fourth-order valence-electron chi connectivity index (χ4n) is 3.15. The monoisotopic (exact) mass is 385 g/mol. The first kappa shape index (κ1) is 22.1. The second-order valence-corrected chi connectivity index (χ2v) is 7.34. The molecule has 0 radical (unpaired) electrons. The van der Waals surface area contributed by atoms with Crippen LogP contribution in [-0.2, 0) is 16.1 Å². The fourth-order valence-corrected chi connectivity index (χ4v) is 3.15. The maximum absolute atomic E-state index is 12.7. The van der Waals surface area contributed by atoms with E-state index >= 15 is 0 Å². The molecule has 0 bridgehead atoms. The molecule has 28 heavy (non-hydrogen) atoms. The highest BCUT2D eigenvalue weighted by molar-refractivity contribution is 5.78. The Morgan fingerprint density at radius 2 is 1.57 bits per heavy atom. The number of amides is 1. The van der Waals surface area contributed by atoms with Crippen LogP contribution in [0.25, 0.3) is 0 Å². The van der Waals surface area contributed by atoms with Gasteiger partial charge in [0.1, 0.15) is 0 Å². The first-order valence-electron chi connectivity index (χ1n) is 9.69. The fraction of sp³-hybridized carbons (Fsp3) is 0.435. The van der Waals surface area contributed by atoms with Gasteiger partial charge in [0, 0.05) is 13.0 Å². The third-order valence-corrected chi connectivity index (χ3v) is 5.03. The minimum atomic E-state index is -0.763. The maximum Gasteiger partial charge on any atom is 0.225 e. The number of nitrogens with zero attached hydrogens (tertiary/aromatic N) is 1. The van der Waals surface area contributed by atoms with Crippen molar-refractivity contribution in [2.45, 2.75) is 45.1 Å². The Bertz CT molecular complexity index is 707. The van der Waals surface area contributed by atoms with E-state index in [-0.39, 0.29) is 24.5 Å². The van der Waals surface area contributed by atoms with Crippen LogP contribution < -0.4 is 0 Å². The topological polar surface area (TPSA) is 70.0 Å².